The third kappa shape index (κ3) is 3.63. The first-order valence-electron chi connectivity index (χ1n) is 5.29. The molecule has 0 unspecified atom stereocenters. The van der Waals surface area contributed by atoms with Gasteiger partial charge in [-0.15, -0.1) is 0 Å². The van der Waals surface area contributed by atoms with E-state index in [0.29, 0.717) is 0 Å². The number of hydrogen-bond donors (Lipinski definition) is 0. The Hall–Kier alpha value is -0.780. The molecule has 0 atom stereocenters. The molecule has 0 spiro atoms. The molecule has 0 aliphatic heterocycles. The van der Waals surface area contributed by atoms with E-state index < -0.39 is 0 Å². The second kappa shape index (κ2) is 5.06. The molecule has 1 rings (SSSR count). The van der Waals surface area contributed by atoms with Crippen molar-refractivity contribution >= 4 is 0 Å². The highest BCUT2D eigenvalue weighted by Gasteiger charge is 1.95. The van der Waals surface area contributed by atoms with Crippen molar-refractivity contribution in [3.8, 4) is 0 Å². The van der Waals surface area contributed by atoms with Gasteiger partial charge in [0.15, 0.2) is 0 Å². The molecule has 0 nitrogen and oxygen atoms in total. The van der Waals surface area contributed by atoms with Crippen LogP contribution in [-0.4, -0.2) is 0 Å². The maximum absolute atomic E-state index is 2.31. The molecule has 0 saturated heterocycles. The SMILES string of the molecule is CCCCCc1cc(C)cc(C)c1. The second-order valence-corrected chi connectivity index (χ2v) is 3.95. The highest BCUT2D eigenvalue weighted by molar-refractivity contribution is 5.28. The zero-order valence-corrected chi connectivity index (χ0v) is 9.06. The lowest BCUT2D eigenvalue weighted by molar-refractivity contribution is 0.717. The van der Waals surface area contributed by atoms with E-state index in [2.05, 4.69) is 39.0 Å². The van der Waals surface area contributed by atoms with Crippen molar-refractivity contribution in [3.63, 3.8) is 0 Å². The van der Waals surface area contributed by atoms with Gasteiger partial charge < -0.3 is 0 Å². The summed E-state index contributed by atoms with van der Waals surface area (Å²) in [5, 5.41) is 0. The Labute approximate surface area is 82.0 Å². The lowest BCUT2D eigenvalue weighted by Crippen LogP contribution is -1.88. The number of benzene rings is 1. The fourth-order valence-corrected chi connectivity index (χ4v) is 1.79. The summed E-state index contributed by atoms with van der Waals surface area (Å²) in [5.41, 5.74) is 4.30. The average molecular weight is 176 g/mol. The Morgan fingerprint density at radius 2 is 1.54 bits per heavy atom. The van der Waals surface area contributed by atoms with Gasteiger partial charge in [-0.25, -0.2) is 0 Å². The largest absolute Gasteiger partial charge is 0.0654 e. The van der Waals surface area contributed by atoms with Crippen LogP contribution in [0.15, 0.2) is 18.2 Å². The quantitative estimate of drug-likeness (QED) is 0.607. The summed E-state index contributed by atoms with van der Waals surface area (Å²) in [5.74, 6) is 0. The van der Waals surface area contributed by atoms with Gasteiger partial charge in [-0.1, -0.05) is 49.1 Å². The standard InChI is InChI=1S/C13H20/c1-4-5-6-7-13-9-11(2)8-12(3)10-13/h8-10H,4-7H2,1-3H3. The topological polar surface area (TPSA) is 0 Å². The first-order valence-corrected chi connectivity index (χ1v) is 5.29. The van der Waals surface area contributed by atoms with Crippen LogP contribution in [0.5, 0.6) is 0 Å². The van der Waals surface area contributed by atoms with Crippen molar-refractivity contribution in [2.75, 3.05) is 0 Å². The highest BCUT2D eigenvalue weighted by atomic mass is 14.0. The Morgan fingerprint density at radius 1 is 0.923 bits per heavy atom. The van der Waals surface area contributed by atoms with Gasteiger partial charge in [-0.05, 0) is 32.3 Å². The minimum atomic E-state index is 1.25. The second-order valence-electron chi connectivity index (χ2n) is 3.95. The minimum absolute atomic E-state index is 1.25. The van der Waals surface area contributed by atoms with Crippen molar-refractivity contribution in [1.29, 1.82) is 0 Å². The van der Waals surface area contributed by atoms with E-state index in [4.69, 9.17) is 0 Å². The number of rotatable bonds is 4. The Bertz CT molecular complexity index is 240. The van der Waals surface area contributed by atoms with Gasteiger partial charge >= 0.3 is 0 Å². The van der Waals surface area contributed by atoms with E-state index in [1.807, 2.05) is 0 Å². The van der Waals surface area contributed by atoms with Crippen molar-refractivity contribution in [2.45, 2.75) is 46.5 Å². The summed E-state index contributed by atoms with van der Waals surface area (Å²) in [7, 11) is 0. The van der Waals surface area contributed by atoms with E-state index >= 15 is 0 Å². The molecule has 1 aromatic carbocycles. The molecule has 0 aromatic heterocycles. The molecule has 1 aromatic rings. The fraction of sp³-hybridized carbons (Fsp3) is 0.538. The van der Waals surface area contributed by atoms with Crippen molar-refractivity contribution in [1.82, 2.24) is 0 Å². The van der Waals surface area contributed by atoms with Gasteiger partial charge in [0.05, 0.1) is 0 Å². The maximum Gasteiger partial charge on any atom is -0.0279 e. The number of hydrogen-bond acceptors (Lipinski definition) is 0. The van der Waals surface area contributed by atoms with Crippen LogP contribution < -0.4 is 0 Å². The van der Waals surface area contributed by atoms with Crippen LogP contribution in [0.3, 0.4) is 0 Å². The van der Waals surface area contributed by atoms with E-state index in [-0.39, 0.29) is 0 Å². The fourth-order valence-electron chi connectivity index (χ4n) is 1.79. The van der Waals surface area contributed by atoms with Gasteiger partial charge in [0.1, 0.15) is 0 Å². The van der Waals surface area contributed by atoms with E-state index in [1.165, 1.54) is 42.4 Å². The first-order chi connectivity index (χ1) is 6.22. The summed E-state index contributed by atoms with van der Waals surface area (Å²) in [4.78, 5) is 0. The Balaban J connectivity index is 2.56. The highest BCUT2D eigenvalue weighted by Crippen LogP contribution is 2.11. The lowest BCUT2D eigenvalue weighted by Gasteiger charge is -2.04. The zero-order chi connectivity index (χ0) is 9.68. The first kappa shape index (κ1) is 10.3. The van der Waals surface area contributed by atoms with Crippen LogP contribution in [0.1, 0.15) is 42.9 Å². The van der Waals surface area contributed by atoms with Gasteiger partial charge in [-0.3, -0.25) is 0 Å². The predicted octanol–water partition coefficient (Wildman–Crippen LogP) is 4.04. The van der Waals surface area contributed by atoms with Crippen LogP contribution in [0.2, 0.25) is 0 Å². The molecule has 0 bridgehead atoms. The van der Waals surface area contributed by atoms with E-state index in [9.17, 15) is 0 Å². The molecule has 13 heavy (non-hydrogen) atoms. The summed E-state index contributed by atoms with van der Waals surface area (Å²) < 4.78 is 0. The maximum atomic E-state index is 2.31. The smallest absolute Gasteiger partial charge is 0.0279 e. The van der Waals surface area contributed by atoms with Crippen molar-refractivity contribution in [3.05, 3.63) is 34.9 Å². The normalized spacial score (nSPS) is 10.4. The molecular weight excluding hydrogens is 156 g/mol. The lowest BCUT2D eigenvalue weighted by atomic mass is 10.0. The van der Waals surface area contributed by atoms with Crippen LogP contribution in [0, 0.1) is 13.8 Å². The van der Waals surface area contributed by atoms with Crippen LogP contribution in [-0.2, 0) is 6.42 Å². The molecule has 0 N–H and O–H groups in total. The van der Waals surface area contributed by atoms with Gasteiger partial charge in [0, 0.05) is 0 Å². The van der Waals surface area contributed by atoms with Gasteiger partial charge in [-0.2, -0.15) is 0 Å². The predicted molar refractivity (Wildman–Crippen MR) is 59.1 cm³/mol. The molecule has 0 heteroatoms. The molecule has 0 saturated carbocycles. The number of aryl methyl sites for hydroxylation is 3. The number of unbranched alkanes of at least 4 members (excludes halogenated alkanes) is 2. The van der Waals surface area contributed by atoms with Crippen molar-refractivity contribution < 1.29 is 0 Å². The third-order valence-electron chi connectivity index (χ3n) is 2.35. The minimum Gasteiger partial charge on any atom is -0.0654 e. The summed E-state index contributed by atoms with van der Waals surface area (Å²) in [6.07, 6.45) is 5.24. The van der Waals surface area contributed by atoms with Gasteiger partial charge in [0.2, 0.25) is 0 Å². The summed E-state index contributed by atoms with van der Waals surface area (Å²) in [6.45, 7) is 6.61. The van der Waals surface area contributed by atoms with Gasteiger partial charge in [0.25, 0.3) is 0 Å². The van der Waals surface area contributed by atoms with Crippen molar-refractivity contribution in [2.24, 2.45) is 0 Å². The molecule has 0 aliphatic rings. The van der Waals surface area contributed by atoms with Crippen LogP contribution >= 0.6 is 0 Å². The summed E-state index contributed by atoms with van der Waals surface area (Å²) >= 11 is 0. The average Bonchev–Trinajstić information content (AvgIpc) is 2.03. The van der Waals surface area contributed by atoms with E-state index in [1.54, 1.807) is 0 Å². The van der Waals surface area contributed by atoms with Crippen LogP contribution in [0.25, 0.3) is 0 Å². The summed E-state index contributed by atoms with van der Waals surface area (Å²) in [6, 6.07) is 6.86. The molecule has 0 fully saturated rings. The third-order valence-corrected chi connectivity index (χ3v) is 2.35. The molecule has 0 aliphatic carbocycles. The Kier molecular flexibility index (Phi) is 4.01. The molecular formula is C13H20. The molecule has 0 heterocycles. The zero-order valence-electron chi connectivity index (χ0n) is 9.06. The molecule has 72 valence electrons. The molecule has 0 radical (unpaired) electrons. The molecule has 0 amide bonds. The van der Waals surface area contributed by atoms with Crippen LogP contribution in [0.4, 0.5) is 0 Å². The van der Waals surface area contributed by atoms with E-state index in [0.717, 1.165) is 0 Å². The Morgan fingerprint density at radius 3 is 2.08 bits per heavy atom. The monoisotopic (exact) mass is 176 g/mol.